The van der Waals surface area contributed by atoms with Crippen molar-refractivity contribution in [2.45, 2.75) is 20.3 Å². The number of rotatable bonds is 2. The van der Waals surface area contributed by atoms with Crippen LogP contribution in [0.25, 0.3) is 0 Å². The maximum atomic E-state index is 4.87. The Balaban J connectivity index is 2.45. The summed E-state index contributed by atoms with van der Waals surface area (Å²) in [5.41, 5.74) is 0. The van der Waals surface area contributed by atoms with Crippen molar-refractivity contribution in [1.29, 1.82) is 0 Å². The summed E-state index contributed by atoms with van der Waals surface area (Å²) in [6.45, 7) is 4.23. The first kappa shape index (κ1) is 7.03. The van der Waals surface area contributed by atoms with Gasteiger partial charge in [-0.05, 0) is 11.1 Å². The lowest BCUT2D eigenvalue weighted by Gasteiger charge is -2.05. The Morgan fingerprint density at radius 3 is 3.00 bits per heavy atom. The molecule has 54 valence electrons. The van der Waals surface area contributed by atoms with Gasteiger partial charge in [0.25, 0.3) is 0 Å². The van der Waals surface area contributed by atoms with Crippen LogP contribution in [0, 0.1) is 5.92 Å². The summed E-state index contributed by atoms with van der Waals surface area (Å²) >= 11 is 0. The molecule has 0 saturated carbocycles. The molecule has 0 bridgehead atoms. The van der Waals surface area contributed by atoms with E-state index in [2.05, 4.69) is 30.0 Å². The minimum atomic E-state index is 0.578. The highest BCUT2D eigenvalue weighted by Crippen LogP contribution is 2.13. The molecule has 0 aromatic carbocycles. The summed E-state index contributed by atoms with van der Waals surface area (Å²) in [5, 5.41) is 3.43. The van der Waals surface area contributed by atoms with Crippen LogP contribution in [0.5, 0.6) is 0 Å². The van der Waals surface area contributed by atoms with Crippen LogP contribution in [-0.4, -0.2) is 6.01 Å². The van der Waals surface area contributed by atoms with E-state index in [4.69, 9.17) is 4.84 Å². The molecular weight excluding hydrogens is 128 g/mol. The molecule has 0 aliphatic carbocycles. The van der Waals surface area contributed by atoms with E-state index >= 15 is 0 Å². The van der Waals surface area contributed by atoms with Gasteiger partial charge in [0.15, 0.2) is 5.76 Å². The molecule has 0 saturated heterocycles. The SMILES string of the molecule is CC(C)CC1=CN=C=NO1. The summed E-state index contributed by atoms with van der Waals surface area (Å²) in [7, 11) is 0. The van der Waals surface area contributed by atoms with E-state index in [-0.39, 0.29) is 0 Å². The Morgan fingerprint density at radius 1 is 1.70 bits per heavy atom. The first-order chi connectivity index (χ1) is 4.79. The maximum Gasteiger partial charge on any atom is 0.155 e. The molecule has 10 heavy (non-hydrogen) atoms. The third kappa shape index (κ3) is 2.03. The number of aliphatic imine (C=N–C) groups is 1. The fraction of sp³-hybridized carbons (Fsp3) is 0.571. The highest BCUT2D eigenvalue weighted by atomic mass is 16.6. The molecule has 1 heterocycles. The van der Waals surface area contributed by atoms with Gasteiger partial charge in [-0.15, -0.1) is 0 Å². The lowest BCUT2D eigenvalue weighted by Crippen LogP contribution is -1.94. The van der Waals surface area contributed by atoms with E-state index < -0.39 is 0 Å². The zero-order valence-corrected chi connectivity index (χ0v) is 6.16. The van der Waals surface area contributed by atoms with Crippen molar-refractivity contribution in [3.63, 3.8) is 0 Å². The van der Waals surface area contributed by atoms with Gasteiger partial charge in [0.2, 0.25) is 0 Å². The second-order valence-corrected chi connectivity index (χ2v) is 2.61. The standard InChI is InChI=1S/C7H10N2O/c1-6(2)3-7-4-8-5-9-10-7/h4,6H,3H2,1-2H3. The molecule has 1 rings (SSSR count). The van der Waals surface area contributed by atoms with E-state index in [1.165, 1.54) is 0 Å². The number of hydrogen-bond acceptors (Lipinski definition) is 3. The maximum absolute atomic E-state index is 4.87. The Hall–Kier alpha value is -1.08. The normalized spacial score (nSPS) is 15.3. The third-order valence-electron chi connectivity index (χ3n) is 1.08. The summed E-state index contributed by atoms with van der Waals surface area (Å²) in [4.78, 5) is 8.58. The van der Waals surface area contributed by atoms with Gasteiger partial charge in [-0.2, -0.15) is 4.99 Å². The predicted octanol–water partition coefficient (Wildman–Crippen LogP) is 1.99. The molecule has 0 fully saturated rings. The lowest BCUT2D eigenvalue weighted by atomic mass is 10.1. The first-order valence-corrected chi connectivity index (χ1v) is 3.30. The molecule has 0 unspecified atom stereocenters. The average molecular weight is 138 g/mol. The van der Waals surface area contributed by atoms with Crippen molar-refractivity contribution in [2.24, 2.45) is 16.1 Å². The van der Waals surface area contributed by atoms with Crippen LogP contribution in [0.3, 0.4) is 0 Å². The van der Waals surface area contributed by atoms with Crippen LogP contribution in [0.15, 0.2) is 22.1 Å². The predicted molar refractivity (Wildman–Crippen MR) is 38.5 cm³/mol. The topological polar surface area (TPSA) is 34.0 Å². The minimum Gasteiger partial charge on any atom is -0.350 e. The average Bonchev–Trinajstić information content (AvgIpc) is 1.88. The molecular formula is C7H10N2O. The first-order valence-electron chi connectivity index (χ1n) is 3.30. The number of nitrogens with zero attached hydrogens (tertiary/aromatic N) is 2. The summed E-state index contributed by atoms with van der Waals surface area (Å²) in [5.74, 6) is 1.39. The van der Waals surface area contributed by atoms with Gasteiger partial charge < -0.3 is 4.84 Å². The van der Waals surface area contributed by atoms with E-state index in [1.54, 1.807) is 6.20 Å². The van der Waals surface area contributed by atoms with E-state index in [0.29, 0.717) is 5.92 Å². The smallest absolute Gasteiger partial charge is 0.155 e. The van der Waals surface area contributed by atoms with Gasteiger partial charge in [-0.3, -0.25) is 0 Å². The second kappa shape index (κ2) is 3.18. The highest BCUT2D eigenvalue weighted by molar-refractivity contribution is 5.42. The summed E-state index contributed by atoms with van der Waals surface area (Å²) < 4.78 is 0. The molecule has 3 heteroatoms. The quantitative estimate of drug-likeness (QED) is 0.574. The highest BCUT2D eigenvalue weighted by Gasteiger charge is 2.03. The molecule has 0 aromatic heterocycles. The van der Waals surface area contributed by atoms with Gasteiger partial charge >= 0.3 is 0 Å². The van der Waals surface area contributed by atoms with Crippen molar-refractivity contribution >= 4 is 6.01 Å². The second-order valence-electron chi connectivity index (χ2n) is 2.61. The Labute approximate surface area is 60.1 Å². The molecule has 0 amide bonds. The van der Waals surface area contributed by atoms with Crippen molar-refractivity contribution < 1.29 is 4.84 Å². The molecule has 0 N–H and O–H groups in total. The number of hydrogen-bond donors (Lipinski definition) is 0. The van der Waals surface area contributed by atoms with Crippen molar-refractivity contribution in [3.8, 4) is 0 Å². The van der Waals surface area contributed by atoms with E-state index in [1.807, 2.05) is 0 Å². The number of allylic oxidation sites excluding steroid dienone is 1. The van der Waals surface area contributed by atoms with Crippen molar-refractivity contribution in [1.82, 2.24) is 0 Å². The van der Waals surface area contributed by atoms with Gasteiger partial charge in [0.1, 0.15) is 6.01 Å². The van der Waals surface area contributed by atoms with Gasteiger partial charge in [-0.1, -0.05) is 13.8 Å². The fourth-order valence-corrected chi connectivity index (χ4v) is 0.719. The molecule has 1 aliphatic heterocycles. The zero-order chi connectivity index (χ0) is 7.40. The van der Waals surface area contributed by atoms with Crippen molar-refractivity contribution in [2.75, 3.05) is 0 Å². The molecule has 1 aliphatic rings. The van der Waals surface area contributed by atoms with Crippen molar-refractivity contribution in [3.05, 3.63) is 12.0 Å². The van der Waals surface area contributed by atoms with Crippen LogP contribution in [0.2, 0.25) is 0 Å². The van der Waals surface area contributed by atoms with Crippen LogP contribution < -0.4 is 0 Å². The minimum absolute atomic E-state index is 0.578. The Kier molecular flexibility index (Phi) is 2.24. The monoisotopic (exact) mass is 138 g/mol. The lowest BCUT2D eigenvalue weighted by molar-refractivity contribution is 0.206. The van der Waals surface area contributed by atoms with Gasteiger partial charge in [0.05, 0.1) is 6.20 Å². The molecule has 0 atom stereocenters. The van der Waals surface area contributed by atoms with Gasteiger partial charge in [-0.25, -0.2) is 0 Å². The van der Waals surface area contributed by atoms with Gasteiger partial charge in [0, 0.05) is 6.42 Å². The Bertz CT molecular complexity index is 200. The third-order valence-corrected chi connectivity index (χ3v) is 1.08. The van der Waals surface area contributed by atoms with E-state index in [9.17, 15) is 0 Å². The van der Waals surface area contributed by atoms with E-state index in [0.717, 1.165) is 12.2 Å². The molecule has 0 radical (unpaired) electrons. The van der Waals surface area contributed by atoms with Crippen LogP contribution in [0.1, 0.15) is 20.3 Å². The summed E-state index contributed by atoms with van der Waals surface area (Å²) in [6, 6.07) is 2.34. The molecule has 0 spiro atoms. The van der Waals surface area contributed by atoms with Crippen LogP contribution in [0.4, 0.5) is 0 Å². The fourth-order valence-electron chi connectivity index (χ4n) is 0.719. The zero-order valence-electron chi connectivity index (χ0n) is 6.16. The largest absolute Gasteiger partial charge is 0.350 e. The van der Waals surface area contributed by atoms with Crippen LogP contribution >= 0.6 is 0 Å². The molecule has 0 aromatic rings. The Morgan fingerprint density at radius 2 is 2.50 bits per heavy atom. The summed E-state index contributed by atoms with van der Waals surface area (Å²) in [6.07, 6.45) is 2.53. The van der Waals surface area contributed by atoms with Crippen LogP contribution in [-0.2, 0) is 4.84 Å². The molecule has 3 nitrogen and oxygen atoms in total.